The van der Waals surface area contributed by atoms with Crippen LogP contribution in [0.15, 0.2) is 24.3 Å². The van der Waals surface area contributed by atoms with E-state index < -0.39 is 45.8 Å². The summed E-state index contributed by atoms with van der Waals surface area (Å²) in [4.78, 5) is 39.5. The summed E-state index contributed by atoms with van der Waals surface area (Å²) in [6.45, 7) is 0.192. The van der Waals surface area contributed by atoms with E-state index in [9.17, 15) is 22.8 Å². The van der Waals surface area contributed by atoms with Gasteiger partial charge in [0.05, 0.1) is 14.3 Å². The highest BCUT2D eigenvalue weighted by Crippen LogP contribution is 2.35. The van der Waals surface area contributed by atoms with Gasteiger partial charge in [-0.15, -0.1) is 0 Å². The molecule has 0 spiro atoms. The number of ether oxygens (including phenoxy) is 3. The monoisotopic (exact) mass is 1180 g/mol. The molecule has 0 fully saturated rings. The van der Waals surface area contributed by atoms with Crippen LogP contribution in [0, 0.1) is 26.8 Å². The maximum Gasteiger partial charge on any atom is 0.340 e. The molecule has 16 heteroatoms. The summed E-state index contributed by atoms with van der Waals surface area (Å²) in [5, 5.41) is 0. The fraction of sp³-hybridized carbons (Fsp3) is 0.211. The first-order valence-corrected chi connectivity index (χ1v) is 17.0. The third-order valence-corrected chi connectivity index (χ3v) is 9.25. The Morgan fingerprint density at radius 3 is 1.43 bits per heavy atom. The quantitative estimate of drug-likeness (QED) is 0.124. The fourth-order valence-corrected chi connectivity index (χ4v) is 10.2. The molecule has 0 aromatic heterocycles. The van der Waals surface area contributed by atoms with E-state index >= 15 is 0 Å². The second kappa shape index (κ2) is 13.5. The van der Waals surface area contributed by atoms with Crippen molar-refractivity contribution in [3.63, 3.8) is 0 Å². The van der Waals surface area contributed by atoms with Gasteiger partial charge in [-0.3, -0.25) is 9.35 Å². The smallest absolute Gasteiger partial charge is 0.340 e. The van der Waals surface area contributed by atoms with E-state index in [4.69, 9.17) is 18.8 Å². The predicted molar refractivity (Wildman–Crippen MR) is 176 cm³/mol. The maximum atomic E-state index is 13.3. The van der Waals surface area contributed by atoms with Gasteiger partial charge in [-0.05, 0) is 167 Å². The molecule has 0 aliphatic heterocycles. The van der Waals surface area contributed by atoms with Gasteiger partial charge >= 0.3 is 17.9 Å². The van der Waals surface area contributed by atoms with Crippen molar-refractivity contribution in [2.75, 3.05) is 12.4 Å². The van der Waals surface area contributed by atoms with Gasteiger partial charge in [0.25, 0.3) is 15.5 Å². The predicted octanol–water partition coefficient (Wildman–Crippen LogP) is 5.26. The van der Waals surface area contributed by atoms with Crippen molar-refractivity contribution in [2.24, 2.45) is 5.41 Å². The van der Waals surface area contributed by atoms with Gasteiger partial charge in [-0.2, -0.15) is 8.42 Å². The summed E-state index contributed by atoms with van der Waals surface area (Å²) in [5.41, 5.74) is -2.61. The highest BCUT2D eigenvalue weighted by Gasteiger charge is 2.54. The summed E-state index contributed by atoms with van der Waals surface area (Å²) in [6, 6.07) is 6.95. The van der Waals surface area contributed by atoms with Crippen molar-refractivity contribution in [3.8, 4) is 11.5 Å². The Bertz CT molecular complexity index is 1180. The van der Waals surface area contributed by atoms with Crippen LogP contribution in [-0.2, 0) is 29.2 Å². The van der Waals surface area contributed by atoms with E-state index in [0.29, 0.717) is 14.3 Å². The minimum absolute atomic E-state index is 0.139. The number of halogens is 6. The maximum absolute atomic E-state index is 13.3. The van der Waals surface area contributed by atoms with Gasteiger partial charge in [0.2, 0.25) is 0 Å². The molecule has 9 nitrogen and oxygen atoms in total. The first kappa shape index (κ1) is 32.4. The molecule has 0 atom stereocenters. The summed E-state index contributed by atoms with van der Waals surface area (Å²) in [6.07, 6.45) is 0. The number of benzene rings is 2. The number of rotatable bonds is 8. The molecule has 190 valence electrons. The van der Waals surface area contributed by atoms with E-state index in [2.05, 4.69) is 45.2 Å². The molecule has 2 aromatic rings. The van der Waals surface area contributed by atoms with Crippen LogP contribution in [0.5, 0.6) is 11.5 Å². The van der Waals surface area contributed by atoms with Crippen molar-refractivity contribution in [2.45, 2.75) is 6.92 Å². The molecular formula is C19H12I6O9S. The molecular weight excluding hydrogens is 1170 g/mol. The van der Waals surface area contributed by atoms with Crippen molar-refractivity contribution >= 4 is 164 Å². The van der Waals surface area contributed by atoms with Gasteiger partial charge in [0.15, 0.2) is 11.5 Å². The molecule has 0 amide bonds. The molecule has 0 aliphatic carbocycles. The molecule has 0 unspecified atom stereocenters. The highest BCUT2D eigenvalue weighted by atomic mass is 127. The minimum Gasteiger partial charge on any atom is -0.463 e. The summed E-state index contributed by atoms with van der Waals surface area (Å²) < 4.78 is 50.7. The SMILES string of the molecule is CC(C(=O)OCCS(=O)(=O)O)(C(=O)Oc1c(I)cc(I)cc1I)C(=O)Oc1c(I)cc(I)cc1I. The van der Waals surface area contributed by atoms with E-state index in [0.717, 1.165) is 14.1 Å². The lowest BCUT2D eigenvalue weighted by Gasteiger charge is -2.24. The zero-order valence-corrected chi connectivity index (χ0v) is 30.9. The largest absolute Gasteiger partial charge is 0.463 e. The van der Waals surface area contributed by atoms with E-state index in [1.54, 1.807) is 24.3 Å². The standard InChI is InChI=1S/C19H12I6O9S/c1-19(16(26)32-2-3-35(29,30)31,17(27)33-14-10(22)4-8(20)5-11(14)23)18(28)34-15-12(24)6-9(21)7-13(15)25/h4-7H,2-3H2,1H3,(H,29,30,31). The molecule has 0 saturated heterocycles. The first-order chi connectivity index (χ1) is 16.1. The van der Waals surface area contributed by atoms with Crippen LogP contribution in [0.1, 0.15) is 6.92 Å². The molecule has 2 rings (SSSR count). The first-order valence-electron chi connectivity index (χ1n) is 8.92. The second-order valence-electron chi connectivity index (χ2n) is 6.72. The molecule has 0 radical (unpaired) electrons. The van der Waals surface area contributed by atoms with Gasteiger partial charge in [-0.25, -0.2) is 9.59 Å². The van der Waals surface area contributed by atoms with Crippen LogP contribution < -0.4 is 9.47 Å². The van der Waals surface area contributed by atoms with E-state index in [1.807, 2.05) is 90.4 Å². The Labute approximate surface area is 282 Å². The summed E-state index contributed by atoms with van der Waals surface area (Å²) in [7, 11) is -4.45. The van der Waals surface area contributed by atoms with Crippen molar-refractivity contribution < 1.29 is 41.6 Å². The molecule has 1 N–H and O–H groups in total. The zero-order valence-electron chi connectivity index (χ0n) is 17.1. The number of esters is 3. The van der Waals surface area contributed by atoms with E-state index in [1.165, 1.54) is 0 Å². The minimum atomic E-state index is -4.45. The normalized spacial score (nSPS) is 11.7. The van der Waals surface area contributed by atoms with Gasteiger partial charge in [-0.1, -0.05) is 0 Å². The van der Waals surface area contributed by atoms with Crippen LogP contribution >= 0.6 is 136 Å². The van der Waals surface area contributed by atoms with Gasteiger partial charge in [0, 0.05) is 7.14 Å². The summed E-state index contributed by atoms with van der Waals surface area (Å²) in [5.74, 6) is -4.57. The lowest BCUT2D eigenvalue weighted by molar-refractivity contribution is -0.174. The van der Waals surface area contributed by atoms with Gasteiger partial charge < -0.3 is 14.2 Å². The lowest BCUT2D eigenvalue weighted by Crippen LogP contribution is -2.49. The number of hydrogen-bond donors (Lipinski definition) is 1. The van der Waals surface area contributed by atoms with Crippen molar-refractivity contribution in [3.05, 3.63) is 45.7 Å². The molecule has 2 aromatic carbocycles. The van der Waals surface area contributed by atoms with Crippen LogP contribution in [0.25, 0.3) is 0 Å². The average molecular weight is 1180 g/mol. The number of hydrogen-bond acceptors (Lipinski definition) is 8. The third-order valence-electron chi connectivity index (χ3n) is 4.11. The lowest BCUT2D eigenvalue weighted by atomic mass is 9.91. The molecule has 0 aliphatic rings. The molecule has 35 heavy (non-hydrogen) atoms. The van der Waals surface area contributed by atoms with Gasteiger partial charge in [0.1, 0.15) is 12.4 Å². The summed E-state index contributed by atoms with van der Waals surface area (Å²) >= 11 is 12.0. The Balaban J connectivity index is 2.46. The average Bonchev–Trinajstić information content (AvgIpc) is 2.71. The number of carbonyl (C=O) groups is 3. The van der Waals surface area contributed by atoms with E-state index in [-0.39, 0.29) is 11.5 Å². The Hall–Kier alpha value is 1.14. The fourth-order valence-electron chi connectivity index (χ4n) is 2.28. The molecule has 0 saturated carbocycles. The Morgan fingerprint density at radius 1 is 0.771 bits per heavy atom. The second-order valence-corrected chi connectivity index (χ2v) is 15.4. The van der Waals surface area contributed by atoms with Crippen molar-refractivity contribution in [1.82, 2.24) is 0 Å². The Morgan fingerprint density at radius 2 is 1.11 bits per heavy atom. The molecule has 0 heterocycles. The Kier molecular flexibility index (Phi) is 12.5. The van der Waals surface area contributed by atoms with Crippen LogP contribution in [0.3, 0.4) is 0 Å². The van der Waals surface area contributed by atoms with Crippen LogP contribution in [0.4, 0.5) is 0 Å². The third kappa shape index (κ3) is 8.82. The topological polar surface area (TPSA) is 133 Å². The van der Waals surface area contributed by atoms with Crippen LogP contribution in [0.2, 0.25) is 0 Å². The van der Waals surface area contributed by atoms with Crippen molar-refractivity contribution in [1.29, 1.82) is 0 Å². The highest BCUT2D eigenvalue weighted by molar-refractivity contribution is 14.1. The molecule has 0 bridgehead atoms. The zero-order chi connectivity index (χ0) is 26.7. The van der Waals surface area contributed by atoms with Crippen LogP contribution in [-0.4, -0.2) is 43.2 Å². The number of carbonyl (C=O) groups excluding carboxylic acids is 3.